The average molecular weight is 586 g/mol. The third-order valence-corrected chi connectivity index (χ3v) is 6.78. The molecule has 7 nitrogen and oxygen atoms in total. The summed E-state index contributed by atoms with van der Waals surface area (Å²) in [6, 6.07) is 14.8. The zero-order chi connectivity index (χ0) is 29.9. The summed E-state index contributed by atoms with van der Waals surface area (Å²) in [5, 5.41) is 9.25. The number of hydrogen-bond acceptors (Lipinski definition) is 6. The van der Waals surface area contributed by atoms with Gasteiger partial charge in [-0.3, -0.25) is 4.79 Å². The monoisotopic (exact) mass is 585 g/mol. The van der Waals surface area contributed by atoms with Crippen molar-refractivity contribution in [2.45, 2.75) is 25.6 Å². The highest BCUT2D eigenvalue weighted by atomic mass is 19.4. The lowest BCUT2D eigenvalue weighted by Gasteiger charge is -2.31. The number of carboxylic acid groups (broad SMARTS) is 1. The second-order valence-corrected chi connectivity index (χ2v) is 9.63. The lowest BCUT2D eigenvalue weighted by atomic mass is 9.97. The van der Waals surface area contributed by atoms with E-state index in [9.17, 15) is 31.9 Å². The van der Waals surface area contributed by atoms with E-state index in [4.69, 9.17) is 9.47 Å². The van der Waals surface area contributed by atoms with Gasteiger partial charge >= 0.3 is 12.1 Å². The molecule has 0 bridgehead atoms. The van der Waals surface area contributed by atoms with Crippen molar-refractivity contribution in [2.75, 3.05) is 18.0 Å². The zero-order valence-corrected chi connectivity index (χ0v) is 21.9. The smallest absolute Gasteiger partial charge is 0.421 e. The van der Waals surface area contributed by atoms with E-state index in [2.05, 4.69) is 9.97 Å². The molecule has 1 saturated heterocycles. The number of carboxylic acids is 1. The largest absolute Gasteiger partial charge is 0.485 e. The Kier molecular flexibility index (Phi) is 8.23. The van der Waals surface area contributed by atoms with Crippen LogP contribution in [0.2, 0.25) is 0 Å². The summed E-state index contributed by atoms with van der Waals surface area (Å²) in [6.45, 7) is 0.813. The summed E-state index contributed by atoms with van der Waals surface area (Å²) < 4.78 is 80.0. The van der Waals surface area contributed by atoms with Gasteiger partial charge < -0.3 is 19.5 Å². The summed E-state index contributed by atoms with van der Waals surface area (Å²) >= 11 is 0. The van der Waals surface area contributed by atoms with Gasteiger partial charge in [-0.2, -0.15) is 13.2 Å². The molecule has 0 unspecified atom stereocenters. The molecule has 42 heavy (non-hydrogen) atoms. The van der Waals surface area contributed by atoms with E-state index < -0.39 is 41.1 Å². The molecular weight excluding hydrogens is 561 g/mol. The summed E-state index contributed by atoms with van der Waals surface area (Å²) in [5.74, 6) is -3.18. The molecule has 0 atom stereocenters. The van der Waals surface area contributed by atoms with Crippen molar-refractivity contribution in [3.8, 4) is 28.6 Å². The number of aromatic nitrogens is 2. The predicted octanol–water partition coefficient (Wildman–Crippen LogP) is 7.11. The van der Waals surface area contributed by atoms with E-state index in [0.29, 0.717) is 43.4 Å². The molecule has 2 aromatic carbocycles. The van der Waals surface area contributed by atoms with Crippen LogP contribution in [-0.4, -0.2) is 34.1 Å². The van der Waals surface area contributed by atoms with Crippen molar-refractivity contribution in [1.82, 2.24) is 9.97 Å². The standard InChI is InChI=1S/C30H24F5N3O4/c31-20-15-22(25-4-1-5-26(37-25)38-13-10-19(11-14-38)29(39)40)27(24(32)16-20)41-17-18-6-8-21(9-7-18)42-28-23(30(33,34)35)3-2-12-36-28/h1-9,12,15-16,19H,10-11,13-14,17H2,(H,39,40). The Hall–Kier alpha value is -4.74. The first-order valence-corrected chi connectivity index (χ1v) is 12.9. The molecule has 3 heterocycles. The Morgan fingerprint density at radius 3 is 2.43 bits per heavy atom. The molecule has 0 radical (unpaired) electrons. The zero-order valence-electron chi connectivity index (χ0n) is 21.9. The maximum Gasteiger partial charge on any atom is 0.421 e. The SMILES string of the molecule is O=C(O)C1CCN(c2cccc(-c3cc(F)cc(F)c3OCc3ccc(Oc4ncccc4C(F)(F)F)cc3)n2)CC1. The number of rotatable bonds is 8. The van der Waals surface area contributed by atoms with Crippen LogP contribution >= 0.6 is 0 Å². The van der Waals surface area contributed by atoms with Gasteiger partial charge in [0.2, 0.25) is 5.88 Å². The number of nitrogens with zero attached hydrogens (tertiary/aromatic N) is 3. The second-order valence-electron chi connectivity index (χ2n) is 9.63. The normalized spacial score (nSPS) is 14.1. The molecule has 1 aliphatic rings. The van der Waals surface area contributed by atoms with Crippen LogP contribution in [0.4, 0.5) is 27.8 Å². The van der Waals surface area contributed by atoms with Gasteiger partial charge in [0.05, 0.1) is 11.6 Å². The molecular formula is C30H24F5N3O4. The van der Waals surface area contributed by atoms with Gasteiger partial charge in [0.25, 0.3) is 0 Å². The van der Waals surface area contributed by atoms with Gasteiger partial charge in [-0.05, 0) is 60.9 Å². The highest BCUT2D eigenvalue weighted by Gasteiger charge is 2.35. The lowest BCUT2D eigenvalue weighted by molar-refractivity contribution is -0.142. The summed E-state index contributed by atoms with van der Waals surface area (Å²) in [7, 11) is 0. The van der Waals surface area contributed by atoms with Crippen molar-refractivity contribution in [2.24, 2.45) is 5.92 Å². The van der Waals surface area contributed by atoms with Crippen LogP contribution in [-0.2, 0) is 17.6 Å². The first-order valence-electron chi connectivity index (χ1n) is 12.9. The number of halogens is 5. The lowest BCUT2D eigenvalue weighted by Crippen LogP contribution is -2.36. The minimum atomic E-state index is -4.64. The van der Waals surface area contributed by atoms with Crippen molar-refractivity contribution in [1.29, 1.82) is 0 Å². The van der Waals surface area contributed by atoms with E-state index in [0.717, 1.165) is 18.2 Å². The van der Waals surface area contributed by atoms with E-state index >= 15 is 0 Å². The maximum absolute atomic E-state index is 14.9. The van der Waals surface area contributed by atoms with Gasteiger partial charge in [0.15, 0.2) is 11.6 Å². The fraction of sp³-hybridized carbons (Fsp3) is 0.233. The highest BCUT2D eigenvalue weighted by molar-refractivity contribution is 5.71. The van der Waals surface area contributed by atoms with Crippen LogP contribution in [0.1, 0.15) is 24.0 Å². The van der Waals surface area contributed by atoms with Crippen LogP contribution < -0.4 is 14.4 Å². The van der Waals surface area contributed by atoms with E-state index in [-0.39, 0.29) is 29.4 Å². The van der Waals surface area contributed by atoms with Gasteiger partial charge in [0, 0.05) is 30.9 Å². The number of ether oxygens (including phenoxy) is 2. The molecule has 218 valence electrons. The van der Waals surface area contributed by atoms with Gasteiger partial charge in [-0.1, -0.05) is 18.2 Å². The average Bonchev–Trinajstić information content (AvgIpc) is 2.97. The minimum absolute atomic E-state index is 0.0876. The fourth-order valence-corrected chi connectivity index (χ4v) is 4.61. The molecule has 2 aromatic heterocycles. The summed E-state index contributed by atoms with van der Waals surface area (Å²) in [5.41, 5.74) is -0.123. The first-order chi connectivity index (χ1) is 20.1. The summed E-state index contributed by atoms with van der Waals surface area (Å²) in [4.78, 5) is 21.4. The number of pyridine rings is 2. The van der Waals surface area contributed by atoms with E-state index in [1.54, 1.807) is 18.2 Å². The molecule has 1 N–H and O–H groups in total. The number of piperidine rings is 1. The Balaban J connectivity index is 1.32. The number of aliphatic carboxylic acids is 1. The molecule has 1 aliphatic heterocycles. The number of carbonyl (C=O) groups is 1. The Labute approximate surface area is 237 Å². The fourth-order valence-electron chi connectivity index (χ4n) is 4.61. The Morgan fingerprint density at radius 1 is 1.00 bits per heavy atom. The summed E-state index contributed by atoms with van der Waals surface area (Å²) in [6.07, 6.45) is -2.54. The Bertz CT molecular complexity index is 1570. The van der Waals surface area contributed by atoms with Gasteiger partial charge in [-0.15, -0.1) is 0 Å². The molecule has 4 aromatic rings. The van der Waals surface area contributed by atoms with Crippen LogP contribution in [0.15, 0.2) is 72.9 Å². The van der Waals surface area contributed by atoms with Gasteiger partial charge in [0.1, 0.15) is 29.6 Å². The van der Waals surface area contributed by atoms with Crippen LogP contribution in [0.3, 0.4) is 0 Å². The quantitative estimate of drug-likeness (QED) is 0.221. The molecule has 12 heteroatoms. The molecule has 0 aliphatic carbocycles. The second kappa shape index (κ2) is 12.0. The first kappa shape index (κ1) is 28.8. The van der Waals surface area contributed by atoms with Gasteiger partial charge in [-0.25, -0.2) is 18.7 Å². The van der Waals surface area contributed by atoms with E-state index in [1.807, 2.05) is 4.90 Å². The minimum Gasteiger partial charge on any atom is -0.485 e. The number of alkyl halides is 3. The Morgan fingerprint density at radius 2 is 1.74 bits per heavy atom. The molecule has 0 saturated carbocycles. The maximum atomic E-state index is 14.9. The van der Waals surface area contributed by atoms with Crippen molar-refractivity contribution >= 4 is 11.8 Å². The number of anilines is 1. The van der Waals surface area contributed by atoms with Crippen LogP contribution in [0, 0.1) is 17.6 Å². The number of benzene rings is 2. The number of hydrogen-bond donors (Lipinski definition) is 1. The molecule has 0 spiro atoms. The highest BCUT2D eigenvalue weighted by Crippen LogP contribution is 2.37. The van der Waals surface area contributed by atoms with Crippen molar-refractivity contribution < 1.29 is 41.3 Å². The topological polar surface area (TPSA) is 84.8 Å². The van der Waals surface area contributed by atoms with Crippen LogP contribution in [0.25, 0.3) is 11.3 Å². The molecule has 1 fully saturated rings. The third-order valence-electron chi connectivity index (χ3n) is 6.78. The van der Waals surface area contributed by atoms with E-state index in [1.165, 1.54) is 30.5 Å². The third kappa shape index (κ3) is 6.59. The molecule has 5 rings (SSSR count). The van der Waals surface area contributed by atoms with Crippen LogP contribution in [0.5, 0.6) is 17.4 Å². The van der Waals surface area contributed by atoms with Crippen molar-refractivity contribution in [3.63, 3.8) is 0 Å². The predicted molar refractivity (Wildman–Crippen MR) is 142 cm³/mol. The van der Waals surface area contributed by atoms with Crippen molar-refractivity contribution in [3.05, 3.63) is 95.7 Å². The molecule has 0 amide bonds.